The lowest BCUT2D eigenvalue weighted by Gasteiger charge is -2.02. The van der Waals surface area contributed by atoms with Crippen molar-refractivity contribution in [2.45, 2.75) is 45.6 Å². The highest BCUT2D eigenvalue weighted by Gasteiger charge is 2.20. The predicted octanol–water partition coefficient (Wildman–Crippen LogP) is 2.57. The minimum Gasteiger partial charge on any atom is -0.425 e. The average molecular weight is 271 g/mol. The van der Waals surface area contributed by atoms with Crippen LogP contribution in [0.4, 0.5) is 0 Å². The Bertz CT molecular complexity index is 587. The van der Waals surface area contributed by atoms with E-state index in [1.54, 1.807) is 0 Å². The van der Waals surface area contributed by atoms with E-state index in [0.717, 1.165) is 24.9 Å². The molecule has 20 heavy (non-hydrogen) atoms. The summed E-state index contributed by atoms with van der Waals surface area (Å²) < 4.78 is 5.70. The SMILES string of the molecule is Cc1ccc(Cc2nnc(CCNC3CC3)o2)cc1C. The van der Waals surface area contributed by atoms with Gasteiger partial charge in [0.2, 0.25) is 11.8 Å². The van der Waals surface area contributed by atoms with Gasteiger partial charge in [-0.05, 0) is 43.4 Å². The molecule has 106 valence electrons. The number of nitrogens with zero attached hydrogens (tertiary/aromatic N) is 2. The second-order valence-corrected chi connectivity index (χ2v) is 5.66. The summed E-state index contributed by atoms with van der Waals surface area (Å²) in [4.78, 5) is 0. The monoisotopic (exact) mass is 271 g/mol. The van der Waals surface area contributed by atoms with Gasteiger partial charge in [-0.3, -0.25) is 0 Å². The molecule has 4 nitrogen and oxygen atoms in total. The minimum atomic E-state index is 0.703. The molecular formula is C16H21N3O. The highest BCUT2D eigenvalue weighted by Crippen LogP contribution is 2.18. The summed E-state index contributed by atoms with van der Waals surface area (Å²) in [5.74, 6) is 1.44. The van der Waals surface area contributed by atoms with Gasteiger partial charge in [0.05, 0.1) is 6.42 Å². The van der Waals surface area contributed by atoms with E-state index in [2.05, 4.69) is 47.6 Å². The maximum atomic E-state index is 5.70. The van der Waals surface area contributed by atoms with Crippen LogP contribution in [0.2, 0.25) is 0 Å². The molecule has 4 heteroatoms. The number of hydrogen-bond donors (Lipinski definition) is 1. The van der Waals surface area contributed by atoms with E-state index in [4.69, 9.17) is 4.42 Å². The van der Waals surface area contributed by atoms with Gasteiger partial charge in [0.25, 0.3) is 0 Å². The molecule has 1 fully saturated rings. The summed E-state index contributed by atoms with van der Waals surface area (Å²) in [5, 5.41) is 11.7. The first kappa shape index (κ1) is 13.3. The molecule has 1 aromatic heterocycles. The number of hydrogen-bond acceptors (Lipinski definition) is 4. The predicted molar refractivity (Wildman–Crippen MR) is 77.7 cm³/mol. The second-order valence-electron chi connectivity index (χ2n) is 5.66. The first-order valence-electron chi connectivity index (χ1n) is 7.31. The van der Waals surface area contributed by atoms with Gasteiger partial charge in [0.15, 0.2) is 0 Å². The fourth-order valence-electron chi connectivity index (χ4n) is 2.22. The molecule has 0 unspecified atom stereocenters. The molecule has 1 aliphatic rings. The highest BCUT2D eigenvalue weighted by molar-refractivity contribution is 5.31. The lowest BCUT2D eigenvalue weighted by molar-refractivity contribution is 0.451. The molecule has 0 bridgehead atoms. The van der Waals surface area contributed by atoms with Gasteiger partial charge in [-0.2, -0.15) is 0 Å². The maximum absolute atomic E-state index is 5.70. The molecule has 0 aliphatic heterocycles. The number of aryl methyl sites for hydroxylation is 2. The Kier molecular flexibility index (Phi) is 3.83. The van der Waals surface area contributed by atoms with E-state index < -0.39 is 0 Å². The van der Waals surface area contributed by atoms with E-state index in [1.807, 2.05) is 0 Å². The van der Waals surface area contributed by atoms with Gasteiger partial charge >= 0.3 is 0 Å². The zero-order chi connectivity index (χ0) is 13.9. The topological polar surface area (TPSA) is 51.0 Å². The third kappa shape index (κ3) is 3.45. The Morgan fingerprint density at radius 3 is 2.70 bits per heavy atom. The van der Waals surface area contributed by atoms with E-state index >= 15 is 0 Å². The molecule has 1 aromatic carbocycles. The van der Waals surface area contributed by atoms with E-state index in [1.165, 1.54) is 29.5 Å². The van der Waals surface area contributed by atoms with Crippen molar-refractivity contribution < 1.29 is 4.42 Å². The van der Waals surface area contributed by atoms with Crippen LogP contribution in [-0.4, -0.2) is 22.8 Å². The molecule has 1 heterocycles. The zero-order valence-electron chi connectivity index (χ0n) is 12.1. The number of benzene rings is 1. The fraction of sp³-hybridized carbons (Fsp3) is 0.500. The van der Waals surface area contributed by atoms with Crippen LogP contribution in [0.3, 0.4) is 0 Å². The van der Waals surface area contributed by atoms with Crippen LogP contribution in [-0.2, 0) is 12.8 Å². The quantitative estimate of drug-likeness (QED) is 0.877. The first-order chi connectivity index (χ1) is 9.70. The largest absolute Gasteiger partial charge is 0.425 e. The summed E-state index contributed by atoms with van der Waals surface area (Å²) in [7, 11) is 0. The van der Waals surface area contributed by atoms with Gasteiger partial charge in [-0.15, -0.1) is 10.2 Å². The van der Waals surface area contributed by atoms with Crippen LogP contribution < -0.4 is 5.32 Å². The average Bonchev–Trinajstić information content (AvgIpc) is 3.14. The fourth-order valence-corrected chi connectivity index (χ4v) is 2.22. The minimum absolute atomic E-state index is 0.703. The van der Waals surface area contributed by atoms with E-state index in [9.17, 15) is 0 Å². The molecule has 0 radical (unpaired) electrons. The molecule has 3 rings (SSSR count). The molecule has 2 aromatic rings. The molecule has 0 amide bonds. The molecule has 1 saturated carbocycles. The van der Waals surface area contributed by atoms with Crippen LogP contribution in [0.25, 0.3) is 0 Å². The zero-order valence-corrected chi connectivity index (χ0v) is 12.1. The second kappa shape index (κ2) is 5.75. The summed E-state index contributed by atoms with van der Waals surface area (Å²) in [6, 6.07) is 7.18. The molecule has 1 N–H and O–H groups in total. The molecule has 0 atom stereocenters. The molecule has 0 spiro atoms. The third-order valence-corrected chi connectivity index (χ3v) is 3.78. The first-order valence-corrected chi connectivity index (χ1v) is 7.31. The van der Waals surface area contributed by atoms with E-state index in [0.29, 0.717) is 12.3 Å². The Labute approximate surface area is 119 Å². The van der Waals surface area contributed by atoms with Gasteiger partial charge in [0, 0.05) is 19.0 Å². The van der Waals surface area contributed by atoms with Crippen molar-refractivity contribution >= 4 is 0 Å². The standard InChI is InChI=1S/C16H21N3O/c1-11-3-4-13(9-12(11)2)10-16-19-18-15(20-16)7-8-17-14-5-6-14/h3-4,9,14,17H,5-8,10H2,1-2H3. The maximum Gasteiger partial charge on any atom is 0.220 e. The summed E-state index contributed by atoms with van der Waals surface area (Å²) >= 11 is 0. The highest BCUT2D eigenvalue weighted by atomic mass is 16.4. The molecular weight excluding hydrogens is 250 g/mol. The van der Waals surface area contributed by atoms with Crippen LogP contribution in [0.1, 0.15) is 41.3 Å². The normalized spacial score (nSPS) is 14.7. The number of aromatic nitrogens is 2. The van der Waals surface area contributed by atoms with Crippen LogP contribution >= 0.6 is 0 Å². The van der Waals surface area contributed by atoms with Crippen molar-refractivity contribution in [3.8, 4) is 0 Å². The van der Waals surface area contributed by atoms with Crippen molar-refractivity contribution in [2.24, 2.45) is 0 Å². The Morgan fingerprint density at radius 1 is 1.15 bits per heavy atom. The van der Waals surface area contributed by atoms with Gasteiger partial charge < -0.3 is 9.73 Å². The van der Waals surface area contributed by atoms with Crippen LogP contribution in [0, 0.1) is 13.8 Å². The summed E-state index contributed by atoms with van der Waals surface area (Å²) in [6.07, 6.45) is 4.14. The Morgan fingerprint density at radius 2 is 1.95 bits per heavy atom. The lowest BCUT2D eigenvalue weighted by Crippen LogP contribution is -2.19. The van der Waals surface area contributed by atoms with Crippen LogP contribution in [0.5, 0.6) is 0 Å². The molecule has 1 aliphatic carbocycles. The number of nitrogens with one attached hydrogen (secondary N) is 1. The van der Waals surface area contributed by atoms with Crippen molar-refractivity contribution in [3.05, 3.63) is 46.7 Å². The number of rotatable bonds is 6. The van der Waals surface area contributed by atoms with Crippen LogP contribution in [0.15, 0.2) is 22.6 Å². The van der Waals surface area contributed by atoms with E-state index in [-0.39, 0.29) is 0 Å². The third-order valence-electron chi connectivity index (χ3n) is 3.78. The Hall–Kier alpha value is -1.68. The van der Waals surface area contributed by atoms with Crippen molar-refractivity contribution in [1.82, 2.24) is 15.5 Å². The summed E-state index contributed by atoms with van der Waals surface area (Å²) in [5.41, 5.74) is 3.83. The Balaban J connectivity index is 1.56. The smallest absolute Gasteiger partial charge is 0.220 e. The summed E-state index contributed by atoms with van der Waals surface area (Å²) in [6.45, 7) is 5.17. The van der Waals surface area contributed by atoms with Gasteiger partial charge in [0.1, 0.15) is 0 Å². The lowest BCUT2D eigenvalue weighted by atomic mass is 10.0. The van der Waals surface area contributed by atoms with Gasteiger partial charge in [-0.25, -0.2) is 0 Å². The molecule has 0 saturated heterocycles. The van der Waals surface area contributed by atoms with Crippen molar-refractivity contribution in [2.75, 3.05) is 6.54 Å². The van der Waals surface area contributed by atoms with Crippen molar-refractivity contribution in [1.29, 1.82) is 0 Å². The van der Waals surface area contributed by atoms with Gasteiger partial charge in [-0.1, -0.05) is 18.2 Å². The van der Waals surface area contributed by atoms with Crippen molar-refractivity contribution in [3.63, 3.8) is 0 Å².